The monoisotopic (exact) mass is 283 g/mol. The number of aromatic amines is 1. The number of H-pyrrole nitrogens is 1. The molecule has 0 aromatic carbocycles. The summed E-state index contributed by atoms with van der Waals surface area (Å²) >= 11 is 0. The summed E-state index contributed by atoms with van der Waals surface area (Å²) in [6.45, 7) is 0.229. The minimum Gasteiger partial charge on any atom is -0.349 e. The van der Waals surface area contributed by atoms with Crippen LogP contribution in [0.3, 0.4) is 0 Å². The topological polar surface area (TPSA) is 139 Å². The van der Waals surface area contributed by atoms with Crippen molar-refractivity contribution >= 4 is 16.0 Å². The molecule has 2 rings (SSSR count). The molecule has 0 spiro atoms. The molecule has 5 N–H and O–H groups in total. The molecule has 2 heterocycles. The van der Waals surface area contributed by atoms with Crippen LogP contribution in [0.5, 0.6) is 0 Å². The van der Waals surface area contributed by atoms with Crippen LogP contribution in [0.2, 0.25) is 0 Å². The molecule has 0 amide bonds. The summed E-state index contributed by atoms with van der Waals surface area (Å²) in [4.78, 5) is 14.3. The summed E-state index contributed by atoms with van der Waals surface area (Å²) in [6.07, 6.45) is 6.11. The average molecular weight is 283 g/mol. The van der Waals surface area contributed by atoms with E-state index in [0.717, 1.165) is 0 Å². The number of hydrazine groups is 1. The molecule has 0 aliphatic carbocycles. The van der Waals surface area contributed by atoms with Crippen LogP contribution in [-0.2, 0) is 16.4 Å². The molecule has 0 radical (unpaired) electrons. The van der Waals surface area contributed by atoms with Crippen LogP contribution in [0.15, 0.2) is 29.7 Å². The van der Waals surface area contributed by atoms with Crippen molar-refractivity contribution in [3.8, 4) is 0 Å². The smallest absolute Gasteiger partial charge is 0.243 e. The number of nitrogen functional groups attached to an aromatic ring is 1. The van der Waals surface area contributed by atoms with E-state index >= 15 is 0 Å². The fourth-order valence-electron chi connectivity index (χ4n) is 1.35. The zero-order chi connectivity index (χ0) is 13.7. The number of rotatable bonds is 6. The first kappa shape index (κ1) is 13.4. The maximum absolute atomic E-state index is 11.9. The minimum absolute atomic E-state index is 0.0223. The Bertz CT molecular complexity index is 609. The summed E-state index contributed by atoms with van der Waals surface area (Å²) in [5.74, 6) is 5.95. The Morgan fingerprint density at radius 1 is 1.26 bits per heavy atom. The van der Waals surface area contributed by atoms with Gasteiger partial charge in [-0.25, -0.2) is 33.9 Å². The molecule has 0 unspecified atom stereocenters. The Balaban J connectivity index is 1.97. The van der Waals surface area contributed by atoms with Crippen LogP contribution in [0.25, 0.3) is 0 Å². The normalized spacial score (nSPS) is 11.4. The molecule has 2 aromatic heterocycles. The van der Waals surface area contributed by atoms with E-state index in [2.05, 4.69) is 30.1 Å². The Labute approximate surface area is 109 Å². The van der Waals surface area contributed by atoms with E-state index in [-0.39, 0.29) is 17.4 Å². The van der Waals surface area contributed by atoms with Gasteiger partial charge in [0.2, 0.25) is 16.0 Å². The minimum atomic E-state index is -3.62. The van der Waals surface area contributed by atoms with E-state index in [1.807, 2.05) is 0 Å². The van der Waals surface area contributed by atoms with Gasteiger partial charge in [0, 0.05) is 25.4 Å². The van der Waals surface area contributed by atoms with Gasteiger partial charge in [-0.1, -0.05) is 0 Å². The molecule has 102 valence electrons. The van der Waals surface area contributed by atoms with Gasteiger partial charge in [0.05, 0.1) is 12.4 Å². The third-order valence-corrected chi connectivity index (χ3v) is 3.69. The molecule has 0 aliphatic heterocycles. The van der Waals surface area contributed by atoms with Gasteiger partial charge in [-0.05, 0) is 0 Å². The lowest BCUT2D eigenvalue weighted by atomic mass is 10.4. The third-order valence-electron chi connectivity index (χ3n) is 2.28. The van der Waals surface area contributed by atoms with E-state index in [0.29, 0.717) is 12.2 Å². The van der Waals surface area contributed by atoms with Crippen molar-refractivity contribution in [3.63, 3.8) is 0 Å². The number of hydrogen-bond acceptors (Lipinski definition) is 7. The number of anilines is 1. The molecule has 0 bridgehead atoms. The van der Waals surface area contributed by atoms with Crippen LogP contribution in [-0.4, -0.2) is 34.9 Å². The van der Waals surface area contributed by atoms with Crippen molar-refractivity contribution in [1.82, 2.24) is 24.7 Å². The predicted octanol–water partition coefficient (Wildman–Crippen LogP) is -0.994. The first-order valence-corrected chi connectivity index (χ1v) is 6.87. The fraction of sp³-hybridized carbons (Fsp3) is 0.222. The number of imidazole rings is 1. The van der Waals surface area contributed by atoms with E-state index in [1.165, 1.54) is 12.4 Å². The molecule has 0 aliphatic rings. The molecule has 10 heteroatoms. The summed E-state index contributed by atoms with van der Waals surface area (Å²) in [5.41, 5.74) is 2.22. The van der Waals surface area contributed by atoms with Crippen LogP contribution < -0.4 is 16.0 Å². The van der Waals surface area contributed by atoms with E-state index in [9.17, 15) is 8.42 Å². The first-order chi connectivity index (χ1) is 9.12. The van der Waals surface area contributed by atoms with Crippen LogP contribution in [0.4, 0.5) is 5.95 Å². The largest absolute Gasteiger partial charge is 0.349 e. The SMILES string of the molecule is NNc1ncc(S(=O)(=O)NCCc2ncc[nH]2)cn1. The number of aromatic nitrogens is 4. The van der Waals surface area contributed by atoms with E-state index < -0.39 is 10.0 Å². The second-order valence-electron chi connectivity index (χ2n) is 3.57. The summed E-state index contributed by atoms with van der Waals surface area (Å²) in [7, 11) is -3.62. The Hall–Kier alpha value is -2.04. The summed E-state index contributed by atoms with van der Waals surface area (Å²) < 4.78 is 26.2. The lowest BCUT2D eigenvalue weighted by molar-refractivity contribution is 0.580. The molecule has 0 fully saturated rings. The standard InChI is InChI=1S/C9H13N7O2S/c10-16-9-13-5-7(6-14-9)19(17,18)15-2-1-8-11-3-4-12-8/h3-6,15H,1-2,10H2,(H,11,12)(H,13,14,16). The third kappa shape index (κ3) is 3.47. The molecule has 19 heavy (non-hydrogen) atoms. The summed E-state index contributed by atoms with van der Waals surface area (Å²) in [5, 5.41) is 0. The van der Waals surface area contributed by atoms with Crippen molar-refractivity contribution in [3.05, 3.63) is 30.6 Å². The summed E-state index contributed by atoms with van der Waals surface area (Å²) in [6, 6.07) is 0. The van der Waals surface area contributed by atoms with Gasteiger partial charge >= 0.3 is 0 Å². The van der Waals surface area contributed by atoms with Gasteiger partial charge < -0.3 is 4.98 Å². The van der Waals surface area contributed by atoms with Gasteiger partial charge in [-0.15, -0.1) is 0 Å². The second kappa shape index (κ2) is 5.73. The van der Waals surface area contributed by atoms with Gasteiger partial charge in [-0.3, -0.25) is 5.43 Å². The highest BCUT2D eigenvalue weighted by atomic mass is 32.2. The van der Waals surface area contributed by atoms with Crippen molar-refractivity contribution in [2.45, 2.75) is 11.3 Å². The van der Waals surface area contributed by atoms with Crippen molar-refractivity contribution < 1.29 is 8.42 Å². The van der Waals surface area contributed by atoms with Crippen molar-refractivity contribution in [2.75, 3.05) is 12.0 Å². The van der Waals surface area contributed by atoms with Crippen LogP contribution >= 0.6 is 0 Å². The maximum atomic E-state index is 11.9. The van der Waals surface area contributed by atoms with Gasteiger partial charge in [0.15, 0.2) is 0 Å². The van der Waals surface area contributed by atoms with Crippen LogP contribution in [0.1, 0.15) is 5.82 Å². The number of nitrogens with one attached hydrogen (secondary N) is 3. The Morgan fingerprint density at radius 3 is 2.58 bits per heavy atom. The molecule has 0 saturated heterocycles. The fourth-order valence-corrected chi connectivity index (χ4v) is 2.27. The highest BCUT2D eigenvalue weighted by Gasteiger charge is 2.14. The number of nitrogens with zero attached hydrogens (tertiary/aromatic N) is 3. The molecular weight excluding hydrogens is 270 g/mol. The molecule has 9 nitrogen and oxygen atoms in total. The molecule has 0 atom stereocenters. The Morgan fingerprint density at radius 2 is 2.00 bits per heavy atom. The van der Waals surface area contributed by atoms with Crippen molar-refractivity contribution in [2.24, 2.45) is 5.84 Å². The number of nitrogens with two attached hydrogens (primary N) is 1. The van der Waals surface area contributed by atoms with Gasteiger partial charge in [0.1, 0.15) is 10.7 Å². The zero-order valence-corrected chi connectivity index (χ0v) is 10.7. The zero-order valence-electron chi connectivity index (χ0n) is 9.87. The number of hydrogen-bond donors (Lipinski definition) is 4. The van der Waals surface area contributed by atoms with Crippen molar-refractivity contribution in [1.29, 1.82) is 0 Å². The quantitative estimate of drug-likeness (QED) is 0.394. The van der Waals surface area contributed by atoms with Gasteiger partial charge in [-0.2, -0.15) is 0 Å². The molecular formula is C9H13N7O2S. The predicted molar refractivity (Wildman–Crippen MR) is 67.3 cm³/mol. The first-order valence-electron chi connectivity index (χ1n) is 5.38. The maximum Gasteiger partial charge on any atom is 0.243 e. The number of sulfonamides is 1. The highest BCUT2D eigenvalue weighted by molar-refractivity contribution is 7.89. The molecule has 2 aromatic rings. The average Bonchev–Trinajstić information content (AvgIpc) is 2.92. The van der Waals surface area contributed by atoms with Gasteiger partial charge in [0.25, 0.3) is 0 Å². The Kier molecular flexibility index (Phi) is 4.04. The van der Waals surface area contributed by atoms with Crippen LogP contribution in [0, 0.1) is 0 Å². The van der Waals surface area contributed by atoms with E-state index in [1.54, 1.807) is 12.4 Å². The highest BCUT2D eigenvalue weighted by Crippen LogP contribution is 2.06. The molecule has 0 saturated carbocycles. The lowest BCUT2D eigenvalue weighted by Crippen LogP contribution is -2.26. The van der Waals surface area contributed by atoms with E-state index in [4.69, 9.17) is 5.84 Å². The second-order valence-corrected chi connectivity index (χ2v) is 5.34. The lowest BCUT2D eigenvalue weighted by Gasteiger charge is -2.05.